The monoisotopic (exact) mass is 693 g/mol. The van der Waals surface area contributed by atoms with Gasteiger partial charge in [0.1, 0.15) is 5.97 Å². The first-order chi connectivity index (χ1) is 11.4. The molecule has 0 aromatic heterocycles. The summed E-state index contributed by atoms with van der Waals surface area (Å²) in [4.78, 5) is 34.2. The number of hydrogen-bond acceptors (Lipinski definition) is 6. The van der Waals surface area contributed by atoms with Crippen molar-refractivity contribution in [2.75, 3.05) is 0 Å². The van der Waals surface area contributed by atoms with Gasteiger partial charge in [-0.15, -0.1) is 0 Å². The van der Waals surface area contributed by atoms with Crippen LogP contribution in [0.3, 0.4) is 0 Å². The zero-order valence-electron chi connectivity index (χ0n) is 12.6. The maximum atomic E-state index is 13.6. The second-order valence-corrected chi connectivity index (χ2v) is 8.64. The zero-order valence-corrected chi connectivity index (χ0v) is 19.1. The van der Waals surface area contributed by atoms with E-state index in [4.69, 9.17) is 4.74 Å². The molecule has 1 rings (SSSR count). The molecule has 25 heavy (non-hydrogen) atoms. The number of hydrogen-bond donors (Lipinski definition) is 0. The summed E-state index contributed by atoms with van der Waals surface area (Å²) in [6, 6.07) is 3.36. The van der Waals surface area contributed by atoms with E-state index in [-0.39, 0.29) is 5.75 Å². The van der Waals surface area contributed by atoms with Gasteiger partial charge in [0.25, 0.3) is 0 Å². The summed E-state index contributed by atoms with van der Waals surface area (Å²) in [7, 11) is 0. The molecule has 0 heterocycles. The van der Waals surface area contributed by atoms with Crippen LogP contribution in [-0.2, 0) is 19.1 Å². The summed E-state index contributed by atoms with van der Waals surface area (Å²) in [5.41, 5.74) is 0. The van der Waals surface area contributed by atoms with E-state index in [2.05, 4.69) is 4.74 Å². The van der Waals surface area contributed by atoms with E-state index < -0.39 is 35.9 Å². The topological polar surface area (TPSA) is 92.7 Å². The molecule has 1 aromatic rings. The number of halogens is 5. The third kappa shape index (κ3) is 5.83. The number of aliphatic carboxylic acids is 1. The molecule has 0 fully saturated rings. The van der Waals surface area contributed by atoms with Gasteiger partial charge in [-0.05, 0) is 85.8 Å². The Balaban J connectivity index is 2.96. The summed E-state index contributed by atoms with van der Waals surface area (Å²) in [5.74, 6) is -11.4. The molecular weight excluding hydrogens is 683 g/mol. The quantitative estimate of drug-likeness (QED) is 0.204. The number of alkyl halides is 2. The van der Waals surface area contributed by atoms with Crippen LogP contribution in [0.2, 0.25) is 0 Å². The Morgan fingerprint density at radius 3 is 1.96 bits per heavy atom. The van der Waals surface area contributed by atoms with Gasteiger partial charge in [-0.25, -0.2) is 9.59 Å². The highest BCUT2D eigenvalue weighted by Crippen LogP contribution is 2.30. The highest BCUT2D eigenvalue weighted by Gasteiger charge is 2.47. The fourth-order valence-electron chi connectivity index (χ4n) is 1.67. The van der Waals surface area contributed by atoms with E-state index in [0.29, 0.717) is 7.14 Å². The maximum Gasteiger partial charge on any atom is 0.422 e. The van der Waals surface area contributed by atoms with Crippen LogP contribution >= 0.6 is 67.8 Å². The minimum atomic E-state index is -4.45. The molecule has 0 bridgehead atoms. The lowest BCUT2D eigenvalue weighted by atomic mass is 10.0. The fourth-order valence-corrected chi connectivity index (χ4v) is 5.47. The van der Waals surface area contributed by atoms with Crippen molar-refractivity contribution in [3.63, 3.8) is 0 Å². The molecule has 138 valence electrons. The lowest BCUT2D eigenvalue weighted by Gasteiger charge is -2.29. The van der Waals surface area contributed by atoms with Crippen LogP contribution in [0.5, 0.6) is 5.75 Å². The Labute approximate surface area is 182 Å². The van der Waals surface area contributed by atoms with Gasteiger partial charge in [0, 0.05) is 3.57 Å². The molecule has 0 saturated heterocycles. The second-order valence-electron chi connectivity index (χ2n) is 5.07. The smallest absolute Gasteiger partial charge is 0.422 e. The summed E-state index contributed by atoms with van der Waals surface area (Å²) in [6.45, 7) is 2.43. The highest BCUT2D eigenvalue weighted by molar-refractivity contribution is 14.1. The van der Waals surface area contributed by atoms with E-state index in [1.165, 1.54) is 13.8 Å². The predicted octanol–water partition coefficient (Wildman–Crippen LogP) is 2.36. The van der Waals surface area contributed by atoms with Gasteiger partial charge in [0.2, 0.25) is 0 Å². The Bertz CT molecular complexity index is 685. The molecule has 0 aliphatic carbocycles. The number of esters is 2. The average molecular weight is 693 g/mol. The van der Waals surface area contributed by atoms with Gasteiger partial charge in [-0.3, -0.25) is 0 Å². The molecule has 0 radical (unpaired) electrons. The molecule has 0 spiro atoms. The average Bonchev–Trinajstić information content (AvgIpc) is 2.46. The predicted molar refractivity (Wildman–Crippen MR) is 105 cm³/mol. The van der Waals surface area contributed by atoms with Gasteiger partial charge in [0.15, 0.2) is 11.9 Å². The van der Waals surface area contributed by atoms with Crippen molar-refractivity contribution >= 4 is 85.7 Å². The lowest BCUT2D eigenvalue weighted by molar-refractivity contribution is -0.337. The van der Waals surface area contributed by atoms with Gasteiger partial charge < -0.3 is 19.4 Å². The second kappa shape index (κ2) is 9.05. The van der Waals surface area contributed by atoms with Crippen LogP contribution in [0.25, 0.3) is 0 Å². The van der Waals surface area contributed by atoms with Crippen LogP contribution in [0, 0.1) is 16.6 Å². The first-order valence-electron chi connectivity index (χ1n) is 6.54. The van der Waals surface area contributed by atoms with Gasteiger partial charge in [0.05, 0.1) is 7.14 Å². The molecule has 1 unspecified atom stereocenters. The Kier molecular flexibility index (Phi) is 8.23. The van der Waals surface area contributed by atoms with E-state index >= 15 is 0 Å². The molecule has 0 saturated carbocycles. The van der Waals surface area contributed by atoms with Crippen molar-refractivity contribution in [2.24, 2.45) is 5.92 Å². The number of carbonyl (C=O) groups excluding carboxylic acids is 3. The third-order valence-electron chi connectivity index (χ3n) is 2.79. The molecule has 1 atom stereocenters. The molecule has 0 N–H and O–H groups in total. The summed E-state index contributed by atoms with van der Waals surface area (Å²) in [6.07, 6.45) is -2.37. The standard InChI is InChI=1S/C14H11F2I3O6/c1-5(2)10(14(15,16)13(22)23)25-12(21)11(20)24-9-7(18)3-6(17)4-8(9)19/h3-5,10H,1-2H3,(H,22,23)/p-1. The van der Waals surface area contributed by atoms with Crippen molar-refractivity contribution in [2.45, 2.75) is 25.9 Å². The van der Waals surface area contributed by atoms with E-state index in [9.17, 15) is 28.3 Å². The van der Waals surface area contributed by atoms with Crippen molar-refractivity contribution in [1.82, 2.24) is 0 Å². The lowest BCUT2D eigenvalue weighted by Crippen LogP contribution is -2.53. The van der Waals surface area contributed by atoms with Crippen LogP contribution in [0.15, 0.2) is 12.1 Å². The number of ether oxygens (including phenoxy) is 2. The van der Waals surface area contributed by atoms with E-state index in [0.717, 1.165) is 3.57 Å². The van der Waals surface area contributed by atoms with Gasteiger partial charge in [-0.2, -0.15) is 8.78 Å². The van der Waals surface area contributed by atoms with Crippen molar-refractivity contribution in [3.8, 4) is 5.75 Å². The minimum Gasteiger partial charge on any atom is -0.544 e. The summed E-state index contributed by atoms with van der Waals surface area (Å²) < 4.78 is 38.4. The van der Waals surface area contributed by atoms with Crippen LogP contribution in [-0.4, -0.2) is 29.9 Å². The number of carboxylic acids is 1. The van der Waals surface area contributed by atoms with Crippen LogP contribution in [0.1, 0.15) is 13.8 Å². The zero-order chi connectivity index (χ0) is 19.5. The fraction of sp³-hybridized carbons (Fsp3) is 0.357. The van der Waals surface area contributed by atoms with Crippen molar-refractivity contribution in [1.29, 1.82) is 0 Å². The van der Waals surface area contributed by atoms with Crippen molar-refractivity contribution < 1.29 is 37.7 Å². The Morgan fingerprint density at radius 2 is 1.56 bits per heavy atom. The van der Waals surface area contributed by atoms with Gasteiger partial charge >= 0.3 is 17.9 Å². The maximum absolute atomic E-state index is 13.6. The summed E-state index contributed by atoms with van der Waals surface area (Å²) in [5, 5.41) is 10.6. The molecule has 0 aliphatic heterocycles. The third-order valence-corrected chi connectivity index (χ3v) is 5.02. The highest BCUT2D eigenvalue weighted by atomic mass is 127. The van der Waals surface area contributed by atoms with Crippen molar-refractivity contribution in [3.05, 3.63) is 22.8 Å². The molecule has 1 aromatic carbocycles. The molecule has 0 aliphatic rings. The first-order valence-corrected chi connectivity index (χ1v) is 9.78. The largest absolute Gasteiger partial charge is 0.544 e. The first kappa shape index (κ1) is 22.7. The number of carbonyl (C=O) groups is 3. The van der Waals surface area contributed by atoms with Crippen LogP contribution in [0.4, 0.5) is 8.78 Å². The SMILES string of the molecule is CC(C)C(OC(=O)C(=O)Oc1c(I)cc(I)cc1I)C(F)(F)C(=O)[O-]. The van der Waals surface area contributed by atoms with E-state index in [1.54, 1.807) is 12.1 Å². The van der Waals surface area contributed by atoms with E-state index in [1.807, 2.05) is 67.8 Å². The summed E-state index contributed by atoms with van der Waals surface area (Å²) >= 11 is 5.81. The molecule has 11 heteroatoms. The Hall–Kier alpha value is -0.320. The Morgan fingerprint density at radius 1 is 1.08 bits per heavy atom. The molecule has 0 amide bonds. The molecular formula is C14H10F2I3O6-. The normalized spacial score (nSPS) is 12.6. The number of rotatable bonds is 5. The number of carboxylic acid groups (broad SMARTS) is 1. The number of benzene rings is 1. The minimum absolute atomic E-state index is 0.0799. The molecule has 6 nitrogen and oxygen atoms in total. The van der Waals surface area contributed by atoms with Gasteiger partial charge in [-0.1, -0.05) is 13.8 Å². The van der Waals surface area contributed by atoms with Crippen LogP contribution < -0.4 is 9.84 Å².